The first-order valence-corrected chi connectivity index (χ1v) is 6.39. The number of alkyl halides is 3. The number of hydrogen-bond donors (Lipinski definition) is 0. The molecule has 1 heterocycles. The maximum atomic E-state index is 13.4. The Labute approximate surface area is 127 Å². The largest absolute Gasteiger partial charge is 0.341 e. The van der Waals surface area contributed by atoms with E-state index in [1.54, 1.807) is 0 Å². The van der Waals surface area contributed by atoms with Gasteiger partial charge < -0.3 is 0 Å². The molecule has 1 fully saturated rings. The number of imide groups is 1. The zero-order valence-corrected chi connectivity index (χ0v) is 12.1. The standard InChI is InChI=1S/C10H5Cl4FN2O2/c11-5-1-2-6(12)7(3-5)17-8(18)4-16(9(17)19)10(13,14)15/h1-3H,4H2. The van der Waals surface area contributed by atoms with Crippen LogP contribution in [0.2, 0.25) is 10.0 Å². The molecule has 1 saturated heterocycles. The summed E-state index contributed by atoms with van der Waals surface area (Å²) >= 11 is 22.0. The zero-order chi connectivity index (χ0) is 14.4. The second-order valence-electron chi connectivity index (χ2n) is 3.66. The number of halogens is 5. The first kappa shape index (κ1) is 14.7. The van der Waals surface area contributed by atoms with Crippen molar-refractivity contribution < 1.29 is 14.0 Å². The number of anilines is 1. The van der Waals surface area contributed by atoms with Crippen LogP contribution in [0.15, 0.2) is 18.2 Å². The van der Waals surface area contributed by atoms with Crippen LogP contribution in [0.1, 0.15) is 0 Å². The smallest absolute Gasteiger partial charge is 0.272 e. The quantitative estimate of drug-likeness (QED) is 0.464. The van der Waals surface area contributed by atoms with E-state index in [9.17, 15) is 14.0 Å². The van der Waals surface area contributed by atoms with Crippen LogP contribution in [-0.2, 0) is 4.79 Å². The Hall–Kier alpha value is -0.750. The van der Waals surface area contributed by atoms with Gasteiger partial charge in [-0.25, -0.2) is 9.69 Å². The summed E-state index contributed by atoms with van der Waals surface area (Å²) < 4.78 is 10.4. The minimum absolute atomic E-state index is 0.0456. The van der Waals surface area contributed by atoms with E-state index in [1.165, 1.54) is 18.2 Å². The Morgan fingerprint density at radius 1 is 1.21 bits per heavy atom. The summed E-state index contributed by atoms with van der Waals surface area (Å²) in [5.41, 5.74) is 0.0456. The van der Waals surface area contributed by atoms with Crippen LogP contribution in [-0.4, -0.2) is 28.1 Å². The summed E-state index contributed by atoms with van der Waals surface area (Å²) in [6, 6.07) is 3.19. The summed E-state index contributed by atoms with van der Waals surface area (Å²) in [6.45, 7) is -0.592. The molecular weight excluding hydrogens is 341 g/mol. The Morgan fingerprint density at radius 2 is 1.84 bits per heavy atom. The van der Waals surface area contributed by atoms with Crippen LogP contribution < -0.4 is 4.90 Å². The van der Waals surface area contributed by atoms with Gasteiger partial charge in [-0.15, -0.1) is 0 Å². The van der Waals surface area contributed by atoms with Crippen molar-refractivity contribution in [2.75, 3.05) is 11.4 Å². The van der Waals surface area contributed by atoms with Gasteiger partial charge in [0.25, 0.3) is 5.91 Å². The molecule has 0 aromatic heterocycles. The fraction of sp³-hybridized carbons (Fsp3) is 0.200. The Bertz CT molecular complexity index is 561. The predicted molar refractivity (Wildman–Crippen MR) is 71.6 cm³/mol. The van der Waals surface area contributed by atoms with E-state index >= 15 is 0 Å². The van der Waals surface area contributed by atoms with Crippen molar-refractivity contribution in [3.63, 3.8) is 0 Å². The third-order valence-electron chi connectivity index (χ3n) is 2.42. The number of rotatable bonds is 2. The van der Waals surface area contributed by atoms with Crippen LogP contribution in [0, 0.1) is 0 Å². The van der Waals surface area contributed by atoms with Crippen molar-refractivity contribution >= 4 is 64.0 Å². The average Bonchev–Trinajstić information content (AvgIpc) is 2.58. The molecule has 1 aliphatic heterocycles. The number of hydrogen-bond acceptors (Lipinski definition) is 2. The summed E-state index contributed by atoms with van der Waals surface area (Å²) in [5.74, 6) is -0.711. The summed E-state index contributed by atoms with van der Waals surface area (Å²) in [7, 11) is 0. The number of nitrogens with zero attached hydrogens (tertiary/aromatic N) is 2. The van der Waals surface area contributed by atoms with Gasteiger partial charge >= 0.3 is 10.7 Å². The Balaban J connectivity index is 2.44. The maximum absolute atomic E-state index is 13.4. The molecule has 3 amide bonds. The number of carbonyl (C=O) groups is 2. The molecule has 19 heavy (non-hydrogen) atoms. The molecule has 102 valence electrons. The predicted octanol–water partition coefficient (Wildman–Crippen LogP) is 3.82. The second-order valence-corrected chi connectivity index (χ2v) is 5.70. The van der Waals surface area contributed by atoms with Gasteiger partial charge in [0.05, 0.1) is 10.7 Å². The molecule has 4 nitrogen and oxygen atoms in total. The number of amides is 3. The molecule has 0 N–H and O–H groups in total. The van der Waals surface area contributed by atoms with Gasteiger partial charge in [-0.3, -0.25) is 9.69 Å². The molecule has 1 aliphatic rings. The summed E-state index contributed by atoms with van der Waals surface area (Å²) in [6.07, 6.45) is 0. The number of carbonyl (C=O) groups excluding carboxylic acids is 2. The van der Waals surface area contributed by atoms with Crippen molar-refractivity contribution in [1.82, 2.24) is 4.90 Å². The van der Waals surface area contributed by atoms with Crippen LogP contribution >= 0.6 is 46.4 Å². The highest BCUT2D eigenvalue weighted by molar-refractivity contribution is 6.48. The second kappa shape index (κ2) is 4.98. The molecule has 0 radical (unpaired) electrons. The lowest BCUT2D eigenvalue weighted by Crippen LogP contribution is -2.40. The van der Waals surface area contributed by atoms with Crippen LogP contribution in [0.4, 0.5) is 14.9 Å². The van der Waals surface area contributed by atoms with Gasteiger partial charge in [0.15, 0.2) is 0 Å². The lowest BCUT2D eigenvalue weighted by Gasteiger charge is -2.22. The molecule has 0 spiro atoms. The molecule has 0 saturated carbocycles. The minimum Gasteiger partial charge on any atom is -0.272 e. The molecule has 9 heteroatoms. The molecule has 1 aromatic carbocycles. The zero-order valence-electron chi connectivity index (χ0n) is 9.04. The molecule has 0 bridgehead atoms. The van der Waals surface area contributed by atoms with Crippen molar-refractivity contribution in [2.45, 2.75) is 4.71 Å². The van der Waals surface area contributed by atoms with Crippen LogP contribution in [0.3, 0.4) is 0 Å². The highest BCUT2D eigenvalue weighted by Gasteiger charge is 2.48. The Kier molecular flexibility index (Phi) is 3.84. The van der Waals surface area contributed by atoms with E-state index in [1.807, 2.05) is 0 Å². The molecule has 1 aromatic rings. The van der Waals surface area contributed by atoms with Gasteiger partial charge in [-0.2, -0.15) is 4.39 Å². The monoisotopic (exact) mass is 344 g/mol. The van der Waals surface area contributed by atoms with E-state index in [2.05, 4.69) is 0 Å². The van der Waals surface area contributed by atoms with E-state index < -0.39 is 23.2 Å². The highest BCUT2D eigenvalue weighted by Crippen LogP contribution is 2.36. The van der Waals surface area contributed by atoms with Crippen LogP contribution in [0.5, 0.6) is 0 Å². The van der Waals surface area contributed by atoms with Gasteiger partial charge in [0.2, 0.25) is 0 Å². The van der Waals surface area contributed by atoms with Crippen molar-refractivity contribution in [3.8, 4) is 0 Å². The van der Waals surface area contributed by atoms with Gasteiger partial charge in [0, 0.05) is 5.02 Å². The molecule has 0 unspecified atom stereocenters. The van der Waals surface area contributed by atoms with E-state index in [-0.39, 0.29) is 15.7 Å². The normalized spacial score (nSPS) is 16.5. The van der Waals surface area contributed by atoms with Crippen LogP contribution in [0.25, 0.3) is 0 Å². The van der Waals surface area contributed by atoms with E-state index in [0.717, 1.165) is 0 Å². The number of urea groups is 1. The van der Waals surface area contributed by atoms with Gasteiger partial charge in [-0.05, 0) is 41.4 Å². The number of benzene rings is 1. The van der Waals surface area contributed by atoms with Gasteiger partial charge in [0.1, 0.15) is 6.54 Å². The lowest BCUT2D eigenvalue weighted by molar-refractivity contribution is -0.117. The Morgan fingerprint density at radius 3 is 2.37 bits per heavy atom. The van der Waals surface area contributed by atoms with Crippen molar-refractivity contribution in [3.05, 3.63) is 28.2 Å². The van der Waals surface area contributed by atoms with E-state index in [0.29, 0.717) is 9.80 Å². The van der Waals surface area contributed by atoms with Crippen molar-refractivity contribution in [2.24, 2.45) is 0 Å². The van der Waals surface area contributed by atoms with E-state index in [4.69, 9.17) is 46.4 Å². The van der Waals surface area contributed by atoms with Crippen molar-refractivity contribution in [1.29, 1.82) is 0 Å². The highest BCUT2D eigenvalue weighted by atomic mass is 35.5. The lowest BCUT2D eigenvalue weighted by atomic mass is 10.3. The fourth-order valence-electron chi connectivity index (χ4n) is 1.59. The summed E-state index contributed by atoms with van der Waals surface area (Å²) in [5, 5.41) is 0.378. The molecule has 2 rings (SSSR count). The first-order valence-electron chi connectivity index (χ1n) is 4.88. The minimum atomic E-state index is -2.98. The fourth-order valence-corrected chi connectivity index (χ4v) is 2.23. The average molecular weight is 346 g/mol. The maximum Gasteiger partial charge on any atom is 0.341 e. The molecular formula is C10H5Cl4FN2O2. The topological polar surface area (TPSA) is 40.6 Å². The summed E-state index contributed by atoms with van der Waals surface area (Å²) in [4.78, 5) is 24.8. The third-order valence-corrected chi connectivity index (χ3v) is 3.38. The van der Waals surface area contributed by atoms with Gasteiger partial charge in [-0.1, -0.05) is 23.2 Å². The molecule has 0 aliphatic carbocycles. The third kappa shape index (κ3) is 2.74. The SMILES string of the molecule is O=C1CN(C(F)(Cl)Cl)C(=O)N1c1cc(Cl)ccc1Cl. The molecule has 0 atom stereocenters. The first-order chi connectivity index (χ1) is 8.71.